The molecule has 9 nitrogen and oxygen atoms in total. The molecule has 0 atom stereocenters. The Labute approximate surface area is 212 Å². The van der Waals surface area contributed by atoms with Crippen molar-refractivity contribution in [1.29, 1.82) is 0 Å². The number of aromatic amines is 1. The highest BCUT2D eigenvalue weighted by Gasteiger charge is 2.20. The molecule has 0 amide bonds. The fourth-order valence-electron chi connectivity index (χ4n) is 4.19. The summed E-state index contributed by atoms with van der Waals surface area (Å²) < 4.78 is 17.7. The van der Waals surface area contributed by atoms with Gasteiger partial charge in [0.15, 0.2) is 5.82 Å². The predicted molar refractivity (Wildman–Crippen MR) is 138 cm³/mol. The molecule has 0 aliphatic rings. The predicted octanol–water partition coefficient (Wildman–Crippen LogP) is 4.84. The van der Waals surface area contributed by atoms with Crippen LogP contribution in [0.2, 0.25) is 0 Å². The number of imidazole rings is 1. The van der Waals surface area contributed by atoms with Gasteiger partial charge in [0.2, 0.25) is 0 Å². The maximum absolute atomic E-state index is 12.8. The number of aromatic nitrogens is 4. The van der Waals surface area contributed by atoms with Crippen molar-refractivity contribution in [3.8, 4) is 28.5 Å². The summed E-state index contributed by atoms with van der Waals surface area (Å²) in [5, 5.41) is 3.83. The van der Waals surface area contributed by atoms with Crippen molar-refractivity contribution in [2.24, 2.45) is 0 Å². The zero-order chi connectivity index (χ0) is 25.8. The molecule has 0 radical (unpaired) electrons. The minimum atomic E-state index is -0.606. The van der Waals surface area contributed by atoms with Gasteiger partial charge in [-0.3, -0.25) is 14.1 Å². The van der Waals surface area contributed by atoms with E-state index in [1.165, 1.54) is 6.08 Å². The summed E-state index contributed by atoms with van der Waals surface area (Å²) in [5.74, 6) is -0.690. The number of carbonyl (C=O) groups excluding carboxylic acids is 1. The van der Waals surface area contributed by atoms with Crippen LogP contribution in [0.5, 0.6) is 6.01 Å². The number of ether oxygens (including phenoxy) is 2. The van der Waals surface area contributed by atoms with Crippen LogP contribution in [0.4, 0.5) is 0 Å². The Morgan fingerprint density at radius 1 is 1.08 bits per heavy atom. The Morgan fingerprint density at radius 3 is 2.57 bits per heavy atom. The van der Waals surface area contributed by atoms with Crippen LogP contribution >= 0.6 is 0 Å². The van der Waals surface area contributed by atoms with Crippen LogP contribution in [0, 0.1) is 0 Å². The average Bonchev–Trinajstić information content (AvgIpc) is 3.51. The molecule has 1 N–H and O–H groups in total. The van der Waals surface area contributed by atoms with E-state index in [1.807, 2.05) is 66.1 Å². The van der Waals surface area contributed by atoms with Gasteiger partial charge in [0, 0.05) is 5.56 Å². The molecule has 9 heteroatoms. The first-order valence-corrected chi connectivity index (χ1v) is 11.7. The third kappa shape index (κ3) is 4.79. The van der Waals surface area contributed by atoms with Crippen LogP contribution in [-0.4, -0.2) is 38.9 Å². The number of hydrogen-bond acceptors (Lipinski definition) is 7. The second-order valence-electron chi connectivity index (χ2n) is 8.16. The van der Waals surface area contributed by atoms with Crippen LogP contribution in [0.1, 0.15) is 22.8 Å². The molecule has 2 aromatic heterocycles. The third-order valence-corrected chi connectivity index (χ3v) is 5.79. The Kier molecular flexibility index (Phi) is 6.67. The number of esters is 1. The van der Waals surface area contributed by atoms with E-state index >= 15 is 0 Å². The van der Waals surface area contributed by atoms with E-state index in [-0.39, 0.29) is 6.61 Å². The Hall–Kier alpha value is -4.92. The smallest absolute Gasteiger partial charge is 0.439 e. The number of nitrogens with zero attached hydrogens (tertiary/aromatic N) is 3. The minimum Gasteiger partial charge on any atom is -0.465 e. The van der Waals surface area contributed by atoms with Gasteiger partial charge in [0.25, 0.3) is 6.01 Å². The molecule has 0 aliphatic heterocycles. The molecule has 0 fully saturated rings. The van der Waals surface area contributed by atoms with Crippen molar-refractivity contribution in [2.75, 3.05) is 13.2 Å². The normalized spacial score (nSPS) is 10.9. The highest BCUT2D eigenvalue weighted by molar-refractivity contribution is 6.02. The molecule has 0 saturated heterocycles. The largest absolute Gasteiger partial charge is 0.465 e. The van der Waals surface area contributed by atoms with Crippen molar-refractivity contribution in [3.05, 3.63) is 101 Å². The Balaban J connectivity index is 1.51. The van der Waals surface area contributed by atoms with E-state index in [4.69, 9.17) is 9.47 Å². The molecule has 5 rings (SSSR count). The lowest BCUT2D eigenvalue weighted by molar-refractivity contribution is 0.0551. The van der Waals surface area contributed by atoms with E-state index in [0.29, 0.717) is 41.6 Å². The molecule has 37 heavy (non-hydrogen) atoms. The zero-order valence-corrected chi connectivity index (χ0v) is 20.1. The maximum Gasteiger partial charge on any atom is 0.439 e. The summed E-state index contributed by atoms with van der Waals surface area (Å²) in [4.78, 5) is 31.4. The highest BCUT2D eigenvalue weighted by atomic mass is 16.5. The van der Waals surface area contributed by atoms with Crippen molar-refractivity contribution >= 4 is 17.0 Å². The lowest BCUT2D eigenvalue weighted by Crippen LogP contribution is -2.10. The van der Waals surface area contributed by atoms with E-state index in [0.717, 1.165) is 22.3 Å². The van der Waals surface area contributed by atoms with Gasteiger partial charge in [0.05, 0.1) is 29.7 Å². The fourth-order valence-corrected chi connectivity index (χ4v) is 4.19. The van der Waals surface area contributed by atoms with E-state index in [1.54, 1.807) is 12.1 Å². The van der Waals surface area contributed by atoms with Gasteiger partial charge in [-0.1, -0.05) is 72.4 Å². The molecule has 2 heterocycles. The third-order valence-electron chi connectivity index (χ3n) is 5.79. The minimum absolute atomic E-state index is 0.118. The molecule has 0 unspecified atom stereocenters. The quantitative estimate of drug-likeness (QED) is 0.230. The van der Waals surface area contributed by atoms with Crippen molar-refractivity contribution < 1.29 is 18.8 Å². The van der Waals surface area contributed by atoms with E-state index in [2.05, 4.69) is 26.2 Å². The summed E-state index contributed by atoms with van der Waals surface area (Å²) >= 11 is 0. The Morgan fingerprint density at radius 2 is 1.86 bits per heavy atom. The first-order valence-electron chi connectivity index (χ1n) is 11.7. The summed E-state index contributed by atoms with van der Waals surface area (Å²) in [6.45, 7) is 6.47. The van der Waals surface area contributed by atoms with Gasteiger partial charge >= 0.3 is 11.7 Å². The van der Waals surface area contributed by atoms with Crippen LogP contribution in [0.3, 0.4) is 0 Å². The summed E-state index contributed by atoms with van der Waals surface area (Å²) in [6.07, 6.45) is 1.53. The average molecular weight is 497 g/mol. The molecule has 0 aliphatic carbocycles. The van der Waals surface area contributed by atoms with Crippen LogP contribution in [0.25, 0.3) is 33.5 Å². The van der Waals surface area contributed by atoms with Crippen LogP contribution in [-0.2, 0) is 11.3 Å². The number of fused-ring (bicyclic) bond motifs is 1. The monoisotopic (exact) mass is 496 g/mol. The van der Waals surface area contributed by atoms with Gasteiger partial charge in [0.1, 0.15) is 6.61 Å². The number of carbonyl (C=O) groups is 1. The SMILES string of the molecule is C=CCOC(=O)c1cccc2nc(OCC)n(Cc3ccc(-c4ccccc4-c4noc(=O)[nH]4)cc3)c12. The van der Waals surface area contributed by atoms with Crippen LogP contribution in [0.15, 0.2) is 88.7 Å². The van der Waals surface area contributed by atoms with Gasteiger partial charge in [-0.2, -0.15) is 4.98 Å². The van der Waals surface area contributed by atoms with Gasteiger partial charge in [-0.15, -0.1) is 0 Å². The number of hydrogen-bond donors (Lipinski definition) is 1. The van der Waals surface area contributed by atoms with Gasteiger partial charge in [-0.25, -0.2) is 9.59 Å². The topological polar surface area (TPSA) is 112 Å². The first-order chi connectivity index (χ1) is 18.1. The lowest BCUT2D eigenvalue weighted by atomic mass is 9.98. The van der Waals surface area contributed by atoms with Crippen molar-refractivity contribution in [2.45, 2.75) is 13.5 Å². The second kappa shape index (κ2) is 10.4. The molecule has 5 aromatic rings. The molecular formula is C28H24N4O5. The lowest BCUT2D eigenvalue weighted by Gasteiger charge is -2.12. The van der Waals surface area contributed by atoms with Crippen LogP contribution < -0.4 is 10.5 Å². The van der Waals surface area contributed by atoms with E-state index < -0.39 is 11.7 Å². The van der Waals surface area contributed by atoms with Crippen molar-refractivity contribution in [3.63, 3.8) is 0 Å². The summed E-state index contributed by atoms with van der Waals surface area (Å²) in [6, 6.07) is 21.3. The number of H-pyrrole nitrogens is 1. The fraction of sp³-hybridized carbons (Fsp3) is 0.143. The summed E-state index contributed by atoms with van der Waals surface area (Å²) in [5.41, 5.74) is 5.26. The molecule has 0 spiro atoms. The first kappa shape index (κ1) is 23.8. The molecule has 186 valence electrons. The van der Waals surface area contributed by atoms with Gasteiger partial charge in [-0.05, 0) is 35.7 Å². The van der Waals surface area contributed by atoms with Gasteiger partial charge < -0.3 is 9.47 Å². The number of rotatable bonds is 9. The highest BCUT2D eigenvalue weighted by Crippen LogP contribution is 2.31. The molecular weight excluding hydrogens is 472 g/mol. The zero-order valence-electron chi connectivity index (χ0n) is 20.1. The number of benzene rings is 3. The standard InChI is InChI=1S/C28H24N4O5/c1-3-16-36-26(33)22-10-7-11-23-24(22)32(27(29-23)35-4-2)17-18-12-14-19(15-13-18)20-8-5-6-9-21(20)25-30-28(34)37-31-25/h3,5-15H,1,4,16-17H2,2H3,(H,30,31,34). The van der Waals surface area contributed by atoms with E-state index in [9.17, 15) is 9.59 Å². The number of para-hydroxylation sites is 1. The molecule has 0 saturated carbocycles. The Bertz CT molecular complexity index is 1630. The summed E-state index contributed by atoms with van der Waals surface area (Å²) in [7, 11) is 0. The van der Waals surface area contributed by atoms with Crippen molar-refractivity contribution in [1.82, 2.24) is 19.7 Å². The molecule has 0 bridgehead atoms. The second-order valence-corrected chi connectivity index (χ2v) is 8.16. The number of nitrogens with one attached hydrogen (secondary N) is 1. The molecule has 3 aromatic carbocycles. The maximum atomic E-state index is 12.8.